The maximum Gasteiger partial charge on any atom is 0.346 e. The first-order chi connectivity index (χ1) is 13.6. The predicted octanol–water partition coefficient (Wildman–Crippen LogP) is 1.64. The summed E-state index contributed by atoms with van der Waals surface area (Å²) in [6.07, 6.45) is 3.77. The Balaban J connectivity index is 1.40. The average molecular weight is 382 g/mol. The van der Waals surface area contributed by atoms with Gasteiger partial charge in [-0.2, -0.15) is 10.2 Å². The number of hydrogen-bond donors (Lipinski definition) is 1. The minimum absolute atomic E-state index is 0.0932. The summed E-state index contributed by atoms with van der Waals surface area (Å²) in [5.41, 5.74) is 1.56. The van der Waals surface area contributed by atoms with Crippen LogP contribution in [0, 0.1) is 11.7 Å². The van der Waals surface area contributed by atoms with Gasteiger partial charge >= 0.3 is 5.69 Å². The van der Waals surface area contributed by atoms with Gasteiger partial charge in [-0.1, -0.05) is 0 Å². The van der Waals surface area contributed by atoms with Crippen LogP contribution < -0.4 is 5.69 Å². The molecule has 0 spiro atoms. The first kappa shape index (κ1) is 16.9. The second kappa shape index (κ2) is 6.43. The molecule has 0 atom stereocenters. The molecule has 2 aliphatic rings. The van der Waals surface area contributed by atoms with Gasteiger partial charge in [0.15, 0.2) is 5.82 Å². The Morgan fingerprint density at radius 1 is 1.21 bits per heavy atom. The van der Waals surface area contributed by atoms with Crippen molar-refractivity contribution in [2.24, 2.45) is 5.92 Å². The van der Waals surface area contributed by atoms with Crippen molar-refractivity contribution in [3.63, 3.8) is 0 Å². The second-order valence-electron chi connectivity index (χ2n) is 7.37. The maximum absolute atomic E-state index is 13.2. The lowest BCUT2D eigenvalue weighted by molar-refractivity contribution is 0.0707. The minimum Gasteiger partial charge on any atom is -0.329 e. The van der Waals surface area contributed by atoms with Crippen LogP contribution in [0.25, 0.3) is 11.3 Å². The van der Waals surface area contributed by atoms with E-state index in [1.54, 1.807) is 21.6 Å². The highest BCUT2D eigenvalue weighted by atomic mass is 19.1. The number of hydrogen-bond acceptors (Lipinski definition) is 4. The summed E-state index contributed by atoms with van der Waals surface area (Å²) in [6.45, 7) is 1.78. The first-order valence-electron chi connectivity index (χ1n) is 9.35. The van der Waals surface area contributed by atoms with E-state index in [-0.39, 0.29) is 24.0 Å². The average Bonchev–Trinajstić information content (AvgIpc) is 3.29. The Labute approximate surface area is 159 Å². The quantitative estimate of drug-likeness (QED) is 0.743. The van der Waals surface area contributed by atoms with Gasteiger partial charge in [-0.15, -0.1) is 0 Å². The van der Waals surface area contributed by atoms with E-state index in [2.05, 4.69) is 15.3 Å². The fraction of sp³-hybridized carbons (Fsp3) is 0.368. The number of nitrogens with one attached hydrogen (secondary N) is 1. The summed E-state index contributed by atoms with van der Waals surface area (Å²) in [5, 5.41) is 11.3. The summed E-state index contributed by atoms with van der Waals surface area (Å²) in [6, 6.07) is 5.90. The van der Waals surface area contributed by atoms with E-state index >= 15 is 0 Å². The zero-order chi connectivity index (χ0) is 19.3. The fourth-order valence-electron chi connectivity index (χ4n) is 3.59. The number of H-pyrrole nitrogens is 1. The summed E-state index contributed by atoms with van der Waals surface area (Å²) >= 11 is 0. The smallest absolute Gasteiger partial charge is 0.329 e. The molecule has 1 N–H and O–H groups in total. The molecule has 5 rings (SSSR count). The van der Waals surface area contributed by atoms with Crippen LogP contribution in [0.5, 0.6) is 0 Å². The van der Waals surface area contributed by atoms with E-state index in [1.165, 1.54) is 23.0 Å². The molecule has 0 unspecified atom stereocenters. The van der Waals surface area contributed by atoms with E-state index in [0.717, 1.165) is 12.8 Å². The molecule has 0 bridgehead atoms. The molecule has 9 heteroatoms. The predicted molar refractivity (Wildman–Crippen MR) is 97.9 cm³/mol. The number of benzene rings is 1. The molecule has 1 aliphatic heterocycles. The molecular weight excluding hydrogens is 363 g/mol. The normalized spacial score (nSPS) is 16.2. The lowest BCUT2D eigenvalue weighted by Gasteiger charge is -2.26. The standard InChI is InChI=1S/C19H19FN6O2/c20-14-5-3-13(4-6-14)17-15(9-21-22-17)18(27)24-7-8-25-16(11-24)23-26(19(25)28)10-12-1-2-12/h3-6,9,12H,1-2,7-8,10-11H2,(H,21,22). The molecule has 1 aliphatic carbocycles. The van der Waals surface area contributed by atoms with Crippen LogP contribution in [0.3, 0.4) is 0 Å². The van der Waals surface area contributed by atoms with E-state index in [0.29, 0.717) is 48.2 Å². The lowest BCUT2D eigenvalue weighted by atomic mass is 10.1. The zero-order valence-corrected chi connectivity index (χ0v) is 15.1. The molecule has 1 aromatic carbocycles. The molecule has 8 nitrogen and oxygen atoms in total. The lowest BCUT2D eigenvalue weighted by Crippen LogP contribution is -2.41. The van der Waals surface area contributed by atoms with Crippen LogP contribution in [0.4, 0.5) is 4.39 Å². The van der Waals surface area contributed by atoms with Crippen molar-refractivity contribution in [1.29, 1.82) is 0 Å². The molecule has 144 valence electrons. The van der Waals surface area contributed by atoms with Gasteiger partial charge in [0, 0.05) is 25.2 Å². The highest BCUT2D eigenvalue weighted by Crippen LogP contribution is 2.30. The first-order valence-corrected chi connectivity index (χ1v) is 9.35. The third kappa shape index (κ3) is 2.92. The van der Waals surface area contributed by atoms with Gasteiger partial charge in [0.05, 0.1) is 24.0 Å². The molecule has 1 fully saturated rings. The maximum atomic E-state index is 13.2. The Morgan fingerprint density at radius 2 is 2.00 bits per heavy atom. The number of halogens is 1. The molecule has 3 heterocycles. The molecule has 0 radical (unpaired) electrons. The molecule has 0 saturated heterocycles. The van der Waals surface area contributed by atoms with E-state index < -0.39 is 0 Å². The third-order valence-electron chi connectivity index (χ3n) is 5.34. The molecule has 3 aromatic rings. The highest BCUT2D eigenvalue weighted by Gasteiger charge is 2.29. The van der Waals surface area contributed by atoms with Gasteiger partial charge in [-0.25, -0.2) is 13.9 Å². The van der Waals surface area contributed by atoms with Gasteiger partial charge in [0.2, 0.25) is 0 Å². The Hall–Kier alpha value is -3.23. The molecule has 1 saturated carbocycles. The Morgan fingerprint density at radius 3 is 2.75 bits per heavy atom. The van der Waals surface area contributed by atoms with E-state index in [4.69, 9.17) is 0 Å². The summed E-state index contributed by atoms with van der Waals surface area (Å²) in [7, 11) is 0. The molecular formula is C19H19FN6O2. The van der Waals surface area contributed by atoms with Crippen LogP contribution in [-0.4, -0.2) is 41.9 Å². The van der Waals surface area contributed by atoms with Gasteiger partial charge in [0.1, 0.15) is 5.82 Å². The topological polar surface area (TPSA) is 88.8 Å². The van der Waals surface area contributed by atoms with Gasteiger partial charge in [-0.05, 0) is 43.0 Å². The van der Waals surface area contributed by atoms with Crippen molar-refractivity contribution in [3.05, 3.63) is 58.2 Å². The summed E-state index contributed by atoms with van der Waals surface area (Å²) in [5.74, 6) is 0.629. The van der Waals surface area contributed by atoms with E-state index in [1.807, 2.05) is 0 Å². The monoisotopic (exact) mass is 382 g/mol. The number of amides is 1. The molecule has 1 amide bonds. The zero-order valence-electron chi connectivity index (χ0n) is 15.1. The van der Waals surface area contributed by atoms with Crippen molar-refractivity contribution in [2.75, 3.05) is 6.54 Å². The third-order valence-corrected chi connectivity index (χ3v) is 5.34. The molecule has 2 aromatic heterocycles. The number of aromatic nitrogens is 5. The van der Waals surface area contributed by atoms with Crippen LogP contribution >= 0.6 is 0 Å². The van der Waals surface area contributed by atoms with Crippen molar-refractivity contribution in [1.82, 2.24) is 29.4 Å². The van der Waals surface area contributed by atoms with Crippen molar-refractivity contribution in [2.45, 2.75) is 32.5 Å². The van der Waals surface area contributed by atoms with Gasteiger partial charge in [0.25, 0.3) is 5.91 Å². The highest BCUT2D eigenvalue weighted by molar-refractivity contribution is 5.99. The number of aromatic amines is 1. The number of nitrogens with zero attached hydrogens (tertiary/aromatic N) is 5. The van der Waals surface area contributed by atoms with Crippen molar-refractivity contribution in [3.8, 4) is 11.3 Å². The number of rotatable bonds is 4. The largest absolute Gasteiger partial charge is 0.346 e. The minimum atomic E-state index is -0.341. The van der Waals surface area contributed by atoms with Crippen LogP contribution in [0.2, 0.25) is 0 Å². The number of fused-ring (bicyclic) bond motifs is 1. The van der Waals surface area contributed by atoms with E-state index in [9.17, 15) is 14.0 Å². The van der Waals surface area contributed by atoms with Gasteiger partial charge < -0.3 is 4.90 Å². The number of carbonyl (C=O) groups excluding carboxylic acids is 1. The SMILES string of the molecule is O=C(c1cn[nH]c1-c1ccc(F)cc1)N1CCn2c(nn(CC3CC3)c2=O)C1. The van der Waals surface area contributed by atoms with Crippen molar-refractivity contribution < 1.29 is 9.18 Å². The number of carbonyl (C=O) groups is 1. The fourth-order valence-corrected chi connectivity index (χ4v) is 3.59. The summed E-state index contributed by atoms with van der Waals surface area (Å²) in [4.78, 5) is 27.2. The molecule has 28 heavy (non-hydrogen) atoms. The Bertz CT molecular complexity index is 1090. The van der Waals surface area contributed by atoms with Crippen LogP contribution in [0.15, 0.2) is 35.3 Å². The van der Waals surface area contributed by atoms with Gasteiger partial charge in [-0.3, -0.25) is 14.5 Å². The summed E-state index contributed by atoms with van der Waals surface area (Å²) < 4.78 is 16.4. The Kier molecular flexibility index (Phi) is 3.88. The van der Waals surface area contributed by atoms with Crippen LogP contribution in [-0.2, 0) is 19.6 Å². The van der Waals surface area contributed by atoms with Crippen molar-refractivity contribution >= 4 is 5.91 Å². The second-order valence-corrected chi connectivity index (χ2v) is 7.37. The van der Waals surface area contributed by atoms with Crippen LogP contribution in [0.1, 0.15) is 29.0 Å².